The Hall–Kier alpha value is -0.910. The van der Waals surface area contributed by atoms with Crippen molar-refractivity contribution in [2.75, 3.05) is 26.7 Å². The van der Waals surface area contributed by atoms with Crippen molar-refractivity contribution < 1.29 is 4.74 Å². The van der Waals surface area contributed by atoms with E-state index in [0.717, 1.165) is 19.7 Å². The van der Waals surface area contributed by atoms with Crippen LogP contribution in [0.2, 0.25) is 0 Å². The number of ether oxygens (including phenoxy) is 1. The summed E-state index contributed by atoms with van der Waals surface area (Å²) in [6, 6.07) is 0. The summed E-state index contributed by atoms with van der Waals surface area (Å²) in [4.78, 5) is 2.29. The van der Waals surface area contributed by atoms with E-state index in [9.17, 15) is 0 Å². The van der Waals surface area contributed by atoms with Crippen molar-refractivity contribution in [1.29, 1.82) is 0 Å². The lowest BCUT2D eigenvalue weighted by atomic mass is 9.72. The minimum absolute atomic E-state index is 0.144. The summed E-state index contributed by atoms with van der Waals surface area (Å²) >= 11 is 0. The Morgan fingerprint density at radius 2 is 2.08 bits per heavy atom. The van der Waals surface area contributed by atoms with Gasteiger partial charge in [0.25, 0.3) is 0 Å². The molecule has 5 heteroatoms. The van der Waals surface area contributed by atoms with Gasteiger partial charge in [-0.3, -0.25) is 4.68 Å². The standard InChI is InChI=1S/C19H34N4O/c1-18(2)13-19(24-14-18)7-5-15(6-8-19)17-16(12-23(4)21-17)11-22(3)10-9-20/h12,15H,5-11,13-14,20H2,1-4H3/t15-,19-. The number of likely N-dealkylation sites (N-methyl/N-ethyl adjacent to an activating group) is 1. The minimum Gasteiger partial charge on any atom is -0.374 e. The van der Waals surface area contributed by atoms with E-state index < -0.39 is 0 Å². The van der Waals surface area contributed by atoms with E-state index in [1.54, 1.807) is 0 Å². The molecule has 2 heterocycles. The fourth-order valence-electron chi connectivity index (χ4n) is 4.67. The van der Waals surface area contributed by atoms with E-state index in [1.165, 1.54) is 43.4 Å². The highest BCUT2D eigenvalue weighted by atomic mass is 16.5. The molecule has 2 aliphatic rings. The maximum atomic E-state index is 6.27. The summed E-state index contributed by atoms with van der Waals surface area (Å²) in [5.74, 6) is 0.574. The molecule has 1 aromatic rings. The van der Waals surface area contributed by atoms with Crippen molar-refractivity contribution in [3.8, 4) is 0 Å². The number of nitrogens with two attached hydrogens (primary N) is 1. The molecule has 1 aliphatic heterocycles. The van der Waals surface area contributed by atoms with Gasteiger partial charge in [0.2, 0.25) is 0 Å². The predicted octanol–water partition coefficient (Wildman–Crippen LogP) is 2.65. The molecule has 1 aliphatic carbocycles. The summed E-state index contributed by atoms with van der Waals surface area (Å²) in [7, 11) is 4.16. The quantitative estimate of drug-likeness (QED) is 0.899. The van der Waals surface area contributed by atoms with Crippen molar-refractivity contribution in [2.24, 2.45) is 18.2 Å². The number of nitrogens with zero attached hydrogens (tertiary/aromatic N) is 3. The first-order chi connectivity index (χ1) is 11.3. The Kier molecular flexibility index (Phi) is 5.05. The normalized spacial score (nSPS) is 29.7. The van der Waals surface area contributed by atoms with Gasteiger partial charge in [0, 0.05) is 44.4 Å². The zero-order chi connectivity index (χ0) is 17.4. The van der Waals surface area contributed by atoms with Crippen LogP contribution in [0.25, 0.3) is 0 Å². The fourth-order valence-corrected chi connectivity index (χ4v) is 4.67. The lowest BCUT2D eigenvalue weighted by Gasteiger charge is -2.37. The van der Waals surface area contributed by atoms with Crippen molar-refractivity contribution in [3.05, 3.63) is 17.5 Å². The molecule has 0 bridgehead atoms. The molecule has 24 heavy (non-hydrogen) atoms. The maximum Gasteiger partial charge on any atom is 0.0700 e. The largest absolute Gasteiger partial charge is 0.374 e. The van der Waals surface area contributed by atoms with Gasteiger partial charge in [-0.05, 0) is 44.6 Å². The molecule has 3 rings (SSSR count). The van der Waals surface area contributed by atoms with Crippen LogP contribution in [0.1, 0.15) is 63.1 Å². The van der Waals surface area contributed by atoms with Gasteiger partial charge in [-0.25, -0.2) is 0 Å². The van der Waals surface area contributed by atoms with Crippen LogP contribution in [0.15, 0.2) is 6.20 Å². The van der Waals surface area contributed by atoms with Crippen molar-refractivity contribution in [2.45, 2.75) is 64.0 Å². The molecule has 1 spiro atoms. The van der Waals surface area contributed by atoms with Crippen molar-refractivity contribution in [3.63, 3.8) is 0 Å². The second-order valence-corrected chi connectivity index (χ2v) is 8.83. The summed E-state index contributed by atoms with van der Waals surface area (Å²) in [6.45, 7) is 8.13. The van der Waals surface area contributed by atoms with Crippen LogP contribution in [0.5, 0.6) is 0 Å². The first kappa shape index (κ1) is 17.9. The molecular weight excluding hydrogens is 300 g/mol. The fraction of sp³-hybridized carbons (Fsp3) is 0.842. The number of aromatic nitrogens is 2. The zero-order valence-electron chi connectivity index (χ0n) is 15.8. The third kappa shape index (κ3) is 3.84. The summed E-state index contributed by atoms with van der Waals surface area (Å²) in [5.41, 5.74) is 8.83. The molecule has 136 valence electrons. The van der Waals surface area contributed by atoms with E-state index in [2.05, 4.69) is 32.0 Å². The summed E-state index contributed by atoms with van der Waals surface area (Å²) in [6.07, 6.45) is 8.13. The van der Waals surface area contributed by atoms with Crippen molar-refractivity contribution in [1.82, 2.24) is 14.7 Å². The van der Waals surface area contributed by atoms with Gasteiger partial charge in [-0.1, -0.05) is 13.8 Å². The first-order valence-electron chi connectivity index (χ1n) is 9.37. The minimum atomic E-state index is 0.144. The van der Waals surface area contributed by atoms with E-state index in [4.69, 9.17) is 15.6 Å². The van der Waals surface area contributed by atoms with Crippen LogP contribution < -0.4 is 5.73 Å². The molecule has 1 saturated heterocycles. The molecular formula is C19H34N4O. The van der Waals surface area contributed by atoms with Crippen molar-refractivity contribution >= 4 is 0 Å². The predicted molar refractivity (Wildman–Crippen MR) is 96.9 cm³/mol. The van der Waals surface area contributed by atoms with E-state index >= 15 is 0 Å². The van der Waals surface area contributed by atoms with E-state index in [1.807, 2.05) is 11.7 Å². The SMILES string of the molecule is CN(CCN)Cc1cn(C)nc1[C@H]1CC[C@]2(CC1)CC(C)(C)CO2. The van der Waals surface area contributed by atoms with Crippen LogP contribution in [-0.2, 0) is 18.3 Å². The molecule has 0 atom stereocenters. The molecule has 0 aromatic carbocycles. The number of rotatable bonds is 5. The van der Waals surface area contributed by atoms with Crippen LogP contribution >= 0.6 is 0 Å². The molecule has 2 N–H and O–H groups in total. The van der Waals surface area contributed by atoms with E-state index in [0.29, 0.717) is 17.9 Å². The topological polar surface area (TPSA) is 56.3 Å². The van der Waals surface area contributed by atoms with Crippen LogP contribution in [0.3, 0.4) is 0 Å². The summed E-state index contributed by atoms with van der Waals surface area (Å²) in [5, 5.41) is 4.81. The van der Waals surface area contributed by atoms with Gasteiger partial charge in [0.05, 0.1) is 17.9 Å². The Morgan fingerprint density at radius 1 is 1.38 bits per heavy atom. The zero-order valence-corrected chi connectivity index (χ0v) is 15.8. The lowest BCUT2D eigenvalue weighted by Crippen LogP contribution is -2.34. The lowest BCUT2D eigenvalue weighted by molar-refractivity contribution is -0.0296. The molecule has 0 radical (unpaired) electrons. The van der Waals surface area contributed by atoms with Gasteiger partial charge < -0.3 is 15.4 Å². The van der Waals surface area contributed by atoms with Crippen LogP contribution in [0, 0.1) is 5.41 Å². The second-order valence-electron chi connectivity index (χ2n) is 8.83. The van der Waals surface area contributed by atoms with Gasteiger partial charge >= 0.3 is 0 Å². The van der Waals surface area contributed by atoms with Gasteiger partial charge in [-0.2, -0.15) is 5.10 Å². The average Bonchev–Trinajstić information content (AvgIpc) is 3.00. The molecule has 5 nitrogen and oxygen atoms in total. The highest BCUT2D eigenvalue weighted by Crippen LogP contribution is 2.49. The van der Waals surface area contributed by atoms with Gasteiger partial charge in [0.1, 0.15) is 0 Å². The smallest absolute Gasteiger partial charge is 0.0700 e. The Balaban J connectivity index is 1.66. The first-order valence-corrected chi connectivity index (χ1v) is 9.37. The number of aryl methyl sites for hydroxylation is 1. The number of hydrogen-bond donors (Lipinski definition) is 1. The van der Waals surface area contributed by atoms with Gasteiger partial charge in [0.15, 0.2) is 0 Å². The Bertz CT molecular complexity index is 558. The van der Waals surface area contributed by atoms with Crippen LogP contribution in [0.4, 0.5) is 0 Å². The average molecular weight is 335 g/mol. The summed E-state index contributed by atoms with van der Waals surface area (Å²) < 4.78 is 8.24. The monoisotopic (exact) mass is 334 g/mol. The highest BCUT2D eigenvalue weighted by molar-refractivity contribution is 5.22. The second kappa shape index (κ2) is 6.77. The third-order valence-corrected chi connectivity index (χ3v) is 5.74. The number of hydrogen-bond acceptors (Lipinski definition) is 4. The molecule has 2 fully saturated rings. The Labute approximate surface area is 146 Å². The molecule has 0 unspecified atom stereocenters. The maximum absolute atomic E-state index is 6.27. The van der Waals surface area contributed by atoms with Crippen LogP contribution in [-0.4, -0.2) is 47.0 Å². The molecule has 1 aromatic heterocycles. The molecule has 0 amide bonds. The Morgan fingerprint density at radius 3 is 2.67 bits per heavy atom. The van der Waals surface area contributed by atoms with Gasteiger partial charge in [-0.15, -0.1) is 0 Å². The third-order valence-electron chi connectivity index (χ3n) is 5.74. The highest BCUT2D eigenvalue weighted by Gasteiger charge is 2.46. The molecule has 1 saturated carbocycles. The van der Waals surface area contributed by atoms with E-state index in [-0.39, 0.29) is 5.60 Å².